The maximum atomic E-state index is 5.62. The van der Waals surface area contributed by atoms with Crippen LogP contribution in [0.5, 0.6) is 5.75 Å². The third-order valence-electron chi connectivity index (χ3n) is 4.17. The van der Waals surface area contributed by atoms with Crippen molar-refractivity contribution in [3.8, 4) is 17.2 Å². The number of thiazole rings is 1. The molecule has 3 heterocycles. The smallest absolute Gasteiger partial charge is 0.190 e. The number of methoxy groups -OCH3 is 1. The number of rotatable bonds is 6. The van der Waals surface area contributed by atoms with Gasteiger partial charge in [-0.2, -0.15) is 0 Å². The van der Waals surface area contributed by atoms with Crippen LogP contribution in [-0.2, 0) is 13.0 Å². The van der Waals surface area contributed by atoms with Gasteiger partial charge in [0.15, 0.2) is 10.6 Å². The number of aryl methyl sites for hydroxylation is 1. The highest BCUT2D eigenvalue weighted by Crippen LogP contribution is 2.23. The fraction of sp³-hybridized carbons (Fsp3) is 0.143. The SMILES string of the molecule is COc1cccc(N=c2scc(-c3ccco3)n2CCc2ccccn2)c1. The van der Waals surface area contributed by atoms with E-state index >= 15 is 0 Å². The van der Waals surface area contributed by atoms with Gasteiger partial charge in [-0.3, -0.25) is 4.98 Å². The zero-order chi connectivity index (χ0) is 18.5. The van der Waals surface area contributed by atoms with Gasteiger partial charge in [0.2, 0.25) is 0 Å². The summed E-state index contributed by atoms with van der Waals surface area (Å²) < 4.78 is 13.1. The topological polar surface area (TPSA) is 52.6 Å². The van der Waals surface area contributed by atoms with Crippen molar-refractivity contribution in [2.45, 2.75) is 13.0 Å². The minimum Gasteiger partial charge on any atom is -0.497 e. The van der Waals surface area contributed by atoms with Gasteiger partial charge in [-0.15, -0.1) is 11.3 Å². The molecule has 0 bridgehead atoms. The molecule has 4 rings (SSSR count). The lowest BCUT2D eigenvalue weighted by Gasteiger charge is -2.07. The number of pyridine rings is 1. The molecule has 0 saturated carbocycles. The second-order valence-electron chi connectivity index (χ2n) is 5.92. The first-order valence-electron chi connectivity index (χ1n) is 8.64. The lowest BCUT2D eigenvalue weighted by molar-refractivity contribution is 0.415. The van der Waals surface area contributed by atoms with Crippen molar-refractivity contribution in [2.75, 3.05) is 7.11 Å². The van der Waals surface area contributed by atoms with Crippen LogP contribution in [0.15, 0.2) is 81.8 Å². The highest BCUT2D eigenvalue weighted by atomic mass is 32.1. The minimum atomic E-state index is 0.763. The predicted octanol–water partition coefficient (Wildman–Crippen LogP) is 4.69. The zero-order valence-electron chi connectivity index (χ0n) is 14.9. The fourth-order valence-corrected chi connectivity index (χ4v) is 3.76. The Bertz CT molecular complexity index is 1070. The van der Waals surface area contributed by atoms with Crippen molar-refractivity contribution >= 4 is 17.0 Å². The number of benzene rings is 1. The maximum Gasteiger partial charge on any atom is 0.190 e. The van der Waals surface area contributed by atoms with Gasteiger partial charge in [-0.1, -0.05) is 12.1 Å². The summed E-state index contributed by atoms with van der Waals surface area (Å²) in [5.41, 5.74) is 2.92. The molecule has 4 aromatic rings. The van der Waals surface area contributed by atoms with Crippen molar-refractivity contribution in [1.29, 1.82) is 0 Å². The number of hydrogen-bond donors (Lipinski definition) is 0. The molecule has 27 heavy (non-hydrogen) atoms. The molecule has 0 N–H and O–H groups in total. The molecule has 0 unspecified atom stereocenters. The Morgan fingerprint density at radius 3 is 2.89 bits per heavy atom. The van der Waals surface area contributed by atoms with Gasteiger partial charge in [0.05, 0.1) is 24.8 Å². The number of nitrogens with zero attached hydrogens (tertiary/aromatic N) is 3. The van der Waals surface area contributed by atoms with Gasteiger partial charge in [0.25, 0.3) is 0 Å². The average Bonchev–Trinajstić information content (AvgIpc) is 3.37. The van der Waals surface area contributed by atoms with Crippen molar-refractivity contribution in [1.82, 2.24) is 9.55 Å². The number of ether oxygens (including phenoxy) is 1. The van der Waals surface area contributed by atoms with Gasteiger partial charge < -0.3 is 13.7 Å². The molecule has 6 heteroatoms. The summed E-state index contributed by atoms with van der Waals surface area (Å²) in [5.74, 6) is 1.62. The minimum absolute atomic E-state index is 0.763. The Morgan fingerprint density at radius 2 is 2.11 bits per heavy atom. The van der Waals surface area contributed by atoms with Crippen molar-refractivity contribution in [2.24, 2.45) is 4.99 Å². The molecule has 136 valence electrons. The van der Waals surface area contributed by atoms with Crippen molar-refractivity contribution < 1.29 is 9.15 Å². The van der Waals surface area contributed by atoms with Crippen LogP contribution in [0.2, 0.25) is 0 Å². The third kappa shape index (κ3) is 4.01. The summed E-state index contributed by atoms with van der Waals surface area (Å²) in [6.45, 7) is 0.763. The van der Waals surface area contributed by atoms with E-state index in [0.29, 0.717) is 0 Å². The Balaban J connectivity index is 1.73. The Labute approximate surface area is 161 Å². The monoisotopic (exact) mass is 377 g/mol. The van der Waals surface area contributed by atoms with E-state index in [2.05, 4.69) is 14.9 Å². The molecule has 0 amide bonds. The molecular weight excluding hydrogens is 358 g/mol. The largest absolute Gasteiger partial charge is 0.497 e. The van der Waals surface area contributed by atoms with Crippen molar-refractivity contribution in [3.05, 3.63) is 82.9 Å². The molecule has 1 aromatic carbocycles. The van der Waals surface area contributed by atoms with Crippen LogP contribution in [0.25, 0.3) is 11.5 Å². The van der Waals surface area contributed by atoms with E-state index in [1.54, 1.807) is 24.7 Å². The van der Waals surface area contributed by atoms with Gasteiger partial charge in [-0.05, 0) is 36.4 Å². The van der Waals surface area contributed by atoms with Crippen LogP contribution < -0.4 is 9.54 Å². The Morgan fingerprint density at radius 1 is 1.15 bits per heavy atom. The lowest BCUT2D eigenvalue weighted by Crippen LogP contribution is -2.17. The number of hydrogen-bond acceptors (Lipinski definition) is 5. The van der Waals surface area contributed by atoms with Crippen molar-refractivity contribution in [3.63, 3.8) is 0 Å². The highest BCUT2D eigenvalue weighted by Gasteiger charge is 2.11. The molecule has 0 fully saturated rings. The van der Waals surface area contributed by atoms with E-state index < -0.39 is 0 Å². The van der Waals surface area contributed by atoms with Crippen LogP contribution in [-0.4, -0.2) is 16.7 Å². The number of furan rings is 1. The standard InChI is InChI=1S/C21H19N3O2S/c1-25-18-8-4-7-17(14-18)23-21-24(12-10-16-6-2-3-11-22-16)19(15-27-21)20-9-5-13-26-20/h2-9,11,13-15H,10,12H2,1H3. The second-order valence-corrected chi connectivity index (χ2v) is 6.75. The molecule has 0 spiro atoms. The normalized spacial score (nSPS) is 11.7. The highest BCUT2D eigenvalue weighted by molar-refractivity contribution is 7.07. The fourth-order valence-electron chi connectivity index (χ4n) is 2.82. The first-order chi connectivity index (χ1) is 13.3. The molecule has 0 saturated heterocycles. The molecule has 0 radical (unpaired) electrons. The van der Waals surface area contributed by atoms with E-state index in [0.717, 1.165) is 46.4 Å². The summed E-state index contributed by atoms with van der Waals surface area (Å²) in [4.78, 5) is 10.2. The van der Waals surface area contributed by atoms with E-state index in [9.17, 15) is 0 Å². The molecule has 5 nitrogen and oxygen atoms in total. The molecule has 0 aliphatic carbocycles. The summed E-state index contributed by atoms with van der Waals surface area (Å²) in [7, 11) is 1.66. The van der Waals surface area contributed by atoms with Gasteiger partial charge in [-0.25, -0.2) is 4.99 Å². The molecule has 0 aliphatic heterocycles. The first kappa shape index (κ1) is 17.3. The predicted molar refractivity (Wildman–Crippen MR) is 106 cm³/mol. The Hall–Kier alpha value is -3.12. The lowest BCUT2D eigenvalue weighted by atomic mass is 10.2. The van der Waals surface area contributed by atoms with Gasteiger partial charge >= 0.3 is 0 Å². The third-order valence-corrected chi connectivity index (χ3v) is 5.03. The molecule has 3 aromatic heterocycles. The first-order valence-corrected chi connectivity index (χ1v) is 9.52. The van der Waals surface area contributed by atoms with Crippen LogP contribution in [0.3, 0.4) is 0 Å². The second kappa shape index (κ2) is 8.05. The quantitative estimate of drug-likeness (QED) is 0.490. The summed E-state index contributed by atoms with van der Waals surface area (Å²) >= 11 is 1.59. The maximum absolute atomic E-state index is 5.62. The summed E-state index contributed by atoms with van der Waals surface area (Å²) in [6.07, 6.45) is 4.33. The average molecular weight is 377 g/mol. The van der Waals surface area contributed by atoms with E-state index in [1.165, 1.54) is 0 Å². The molecular formula is C21H19N3O2S. The summed E-state index contributed by atoms with van der Waals surface area (Å²) in [5, 5.41) is 2.08. The van der Waals surface area contributed by atoms with Crippen LogP contribution in [0.1, 0.15) is 5.69 Å². The summed E-state index contributed by atoms with van der Waals surface area (Å²) in [6, 6.07) is 17.6. The zero-order valence-corrected chi connectivity index (χ0v) is 15.7. The number of aromatic nitrogens is 2. The van der Waals surface area contributed by atoms with Crippen LogP contribution in [0, 0.1) is 0 Å². The molecule has 0 atom stereocenters. The van der Waals surface area contributed by atoms with E-state index in [4.69, 9.17) is 14.1 Å². The molecule has 0 aliphatic rings. The van der Waals surface area contributed by atoms with E-state index in [-0.39, 0.29) is 0 Å². The Kier molecular flexibility index (Phi) is 5.16. The van der Waals surface area contributed by atoms with E-state index in [1.807, 2.05) is 60.8 Å². The van der Waals surface area contributed by atoms with Gasteiger partial charge in [0.1, 0.15) is 5.75 Å². The van der Waals surface area contributed by atoms with Crippen LogP contribution in [0.4, 0.5) is 5.69 Å². The van der Waals surface area contributed by atoms with Gasteiger partial charge in [0, 0.05) is 36.3 Å². The van der Waals surface area contributed by atoms with Crippen LogP contribution >= 0.6 is 11.3 Å².